The average Bonchev–Trinajstić information content (AvgIpc) is 2.68. The lowest BCUT2D eigenvalue weighted by atomic mass is 10.0. The van der Waals surface area contributed by atoms with Crippen molar-refractivity contribution < 1.29 is 4.79 Å². The van der Waals surface area contributed by atoms with Gasteiger partial charge in [0.1, 0.15) is 0 Å². The Bertz CT molecular complexity index is 993. The minimum Gasteiger partial charge on any atom is -0.350 e. The van der Waals surface area contributed by atoms with E-state index in [9.17, 15) is 9.59 Å². The van der Waals surface area contributed by atoms with Crippen molar-refractivity contribution >= 4 is 16.7 Å². The predicted molar refractivity (Wildman–Crippen MR) is 108 cm³/mol. The number of hydrogen-bond donors (Lipinski definition) is 1. The molecule has 0 aliphatic carbocycles. The van der Waals surface area contributed by atoms with Gasteiger partial charge in [0, 0.05) is 18.5 Å². The van der Waals surface area contributed by atoms with Crippen molar-refractivity contribution in [2.75, 3.05) is 6.54 Å². The van der Waals surface area contributed by atoms with E-state index in [-0.39, 0.29) is 23.3 Å². The molecule has 0 fully saturated rings. The lowest BCUT2D eigenvalue weighted by Crippen LogP contribution is -2.33. The maximum absolute atomic E-state index is 12.9. The summed E-state index contributed by atoms with van der Waals surface area (Å²) in [6, 6.07) is 17.2. The van der Waals surface area contributed by atoms with E-state index < -0.39 is 0 Å². The number of aromatic nitrogens is 2. The molecule has 5 nitrogen and oxygen atoms in total. The summed E-state index contributed by atoms with van der Waals surface area (Å²) >= 11 is 0. The summed E-state index contributed by atoms with van der Waals surface area (Å²) in [5.74, 6) is 0.180. The van der Waals surface area contributed by atoms with Gasteiger partial charge in [0.2, 0.25) is 0 Å². The van der Waals surface area contributed by atoms with E-state index in [1.54, 1.807) is 12.1 Å². The third-order valence-corrected chi connectivity index (χ3v) is 4.56. The Hall–Kier alpha value is -2.95. The van der Waals surface area contributed by atoms with Crippen LogP contribution in [0.2, 0.25) is 0 Å². The first-order valence-corrected chi connectivity index (χ1v) is 9.30. The molecule has 2 aromatic carbocycles. The highest BCUT2D eigenvalue weighted by Crippen LogP contribution is 2.16. The molecule has 0 saturated carbocycles. The number of carbonyl (C=O) groups is 1. The Labute approximate surface area is 159 Å². The second-order valence-corrected chi connectivity index (χ2v) is 7.30. The summed E-state index contributed by atoms with van der Waals surface area (Å²) in [6.45, 7) is 7.09. The Morgan fingerprint density at radius 1 is 1.00 bits per heavy atom. The topological polar surface area (TPSA) is 64.0 Å². The largest absolute Gasteiger partial charge is 0.350 e. The van der Waals surface area contributed by atoms with Gasteiger partial charge in [0.25, 0.3) is 11.5 Å². The summed E-state index contributed by atoms with van der Waals surface area (Å²) in [5, 5.41) is 8.47. The fraction of sp³-hybridized carbons (Fsp3) is 0.318. The smallest absolute Gasteiger partial charge is 0.274 e. The van der Waals surface area contributed by atoms with Gasteiger partial charge in [-0.3, -0.25) is 9.59 Å². The lowest BCUT2D eigenvalue weighted by molar-refractivity contribution is 0.0946. The van der Waals surface area contributed by atoms with Crippen molar-refractivity contribution in [1.29, 1.82) is 0 Å². The summed E-state index contributed by atoms with van der Waals surface area (Å²) < 4.78 is 1.41. The Balaban J connectivity index is 1.89. The van der Waals surface area contributed by atoms with Crippen LogP contribution in [0.3, 0.4) is 0 Å². The SMILES string of the molecule is CC(C)Cn1nc(C(=O)NC[C@H](C)c2ccccc2)c2ccccc2c1=O. The van der Waals surface area contributed by atoms with E-state index >= 15 is 0 Å². The Morgan fingerprint density at radius 2 is 1.63 bits per heavy atom. The fourth-order valence-electron chi connectivity index (χ4n) is 3.10. The molecule has 0 unspecified atom stereocenters. The first kappa shape index (κ1) is 18.8. The van der Waals surface area contributed by atoms with Crippen LogP contribution in [-0.2, 0) is 6.54 Å². The van der Waals surface area contributed by atoms with Gasteiger partial charge in [-0.15, -0.1) is 0 Å². The van der Waals surface area contributed by atoms with Gasteiger partial charge >= 0.3 is 0 Å². The molecular weight excluding hydrogens is 338 g/mol. The van der Waals surface area contributed by atoms with Gasteiger partial charge in [-0.25, -0.2) is 4.68 Å². The zero-order valence-electron chi connectivity index (χ0n) is 16.0. The van der Waals surface area contributed by atoms with Gasteiger partial charge in [0.05, 0.1) is 5.39 Å². The van der Waals surface area contributed by atoms with Crippen LogP contribution in [-0.4, -0.2) is 22.2 Å². The van der Waals surface area contributed by atoms with Crippen LogP contribution in [0.1, 0.15) is 42.7 Å². The Kier molecular flexibility index (Phi) is 5.69. The average molecular weight is 363 g/mol. The molecule has 0 spiro atoms. The van der Waals surface area contributed by atoms with Gasteiger partial charge in [0.15, 0.2) is 5.69 Å². The quantitative estimate of drug-likeness (QED) is 0.728. The third kappa shape index (κ3) is 4.25. The summed E-state index contributed by atoms with van der Waals surface area (Å²) in [4.78, 5) is 25.5. The van der Waals surface area contributed by atoms with Crippen LogP contribution < -0.4 is 10.9 Å². The van der Waals surface area contributed by atoms with Gasteiger partial charge < -0.3 is 5.32 Å². The Morgan fingerprint density at radius 3 is 2.30 bits per heavy atom. The van der Waals surface area contributed by atoms with Gasteiger partial charge in [-0.2, -0.15) is 5.10 Å². The van der Waals surface area contributed by atoms with Gasteiger partial charge in [-0.1, -0.05) is 69.3 Å². The molecule has 0 bridgehead atoms. The van der Waals surface area contributed by atoms with E-state index in [0.717, 1.165) is 0 Å². The molecule has 1 amide bonds. The molecule has 1 N–H and O–H groups in total. The summed E-state index contributed by atoms with van der Waals surface area (Å²) in [6.07, 6.45) is 0. The van der Waals surface area contributed by atoms with Crippen molar-refractivity contribution in [3.63, 3.8) is 0 Å². The fourth-order valence-corrected chi connectivity index (χ4v) is 3.10. The highest BCUT2D eigenvalue weighted by atomic mass is 16.2. The van der Waals surface area contributed by atoms with Crippen LogP contribution >= 0.6 is 0 Å². The lowest BCUT2D eigenvalue weighted by Gasteiger charge is -2.15. The number of carbonyl (C=O) groups excluding carboxylic acids is 1. The number of benzene rings is 2. The molecular formula is C22H25N3O2. The molecule has 1 heterocycles. The van der Waals surface area contributed by atoms with E-state index in [1.807, 2.05) is 56.3 Å². The summed E-state index contributed by atoms with van der Waals surface area (Å²) in [5.41, 5.74) is 1.31. The second kappa shape index (κ2) is 8.16. The maximum Gasteiger partial charge on any atom is 0.274 e. The molecule has 1 atom stereocenters. The zero-order chi connectivity index (χ0) is 19.4. The minimum absolute atomic E-state index is 0.159. The van der Waals surface area contributed by atoms with Crippen molar-refractivity contribution in [1.82, 2.24) is 15.1 Å². The molecule has 1 aromatic heterocycles. The molecule has 3 aromatic rings. The van der Waals surface area contributed by atoms with E-state index in [4.69, 9.17) is 0 Å². The highest BCUT2D eigenvalue weighted by Gasteiger charge is 2.17. The molecule has 3 rings (SSSR count). The van der Waals surface area contributed by atoms with Crippen LogP contribution in [0.4, 0.5) is 0 Å². The number of amides is 1. The monoisotopic (exact) mass is 363 g/mol. The van der Waals surface area contributed by atoms with Crippen molar-refractivity contribution in [2.24, 2.45) is 5.92 Å². The molecule has 0 aliphatic heterocycles. The van der Waals surface area contributed by atoms with Crippen LogP contribution in [0.15, 0.2) is 59.4 Å². The van der Waals surface area contributed by atoms with Crippen molar-refractivity contribution in [2.45, 2.75) is 33.2 Å². The third-order valence-electron chi connectivity index (χ3n) is 4.56. The second-order valence-electron chi connectivity index (χ2n) is 7.30. The number of hydrogen-bond acceptors (Lipinski definition) is 3. The number of nitrogens with one attached hydrogen (secondary N) is 1. The summed E-state index contributed by atoms with van der Waals surface area (Å²) in [7, 11) is 0. The first-order chi connectivity index (χ1) is 13.0. The number of rotatable bonds is 6. The molecule has 27 heavy (non-hydrogen) atoms. The highest BCUT2D eigenvalue weighted by molar-refractivity contribution is 6.04. The molecule has 5 heteroatoms. The normalized spacial score (nSPS) is 12.3. The van der Waals surface area contributed by atoms with Crippen LogP contribution in [0.5, 0.6) is 0 Å². The maximum atomic E-state index is 12.9. The van der Waals surface area contributed by atoms with Crippen LogP contribution in [0.25, 0.3) is 10.8 Å². The van der Waals surface area contributed by atoms with Crippen LogP contribution in [0, 0.1) is 5.92 Å². The predicted octanol–water partition coefficient (Wildman–Crippen LogP) is 3.59. The number of nitrogens with zero attached hydrogens (tertiary/aromatic N) is 2. The standard InChI is InChI=1S/C22H25N3O2/c1-15(2)14-25-22(27)19-12-8-7-11-18(19)20(24-25)21(26)23-13-16(3)17-9-5-4-6-10-17/h4-12,15-16H,13-14H2,1-3H3,(H,23,26)/t16-/m0/s1. The van der Waals surface area contributed by atoms with E-state index in [1.165, 1.54) is 10.2 Å². The number of fused-ring (bicyclic) bond motifs is 1. The van der Waals surface area contributed by atoms with Crippen molar-refractivity contribution in [3.05, 3.63) is 76.2 Å². The van der Waals surface area contributed by atoms with E-state index in [2.05, 4.69) is 17.3 Å². The first-order valence-electron chi connectivity index (χ1n) is 9.30. The van der Waals surface area contributed by atoms with E-state index in [0.29, 0.717) is 29.6 Å². The van der Waals surface area contributed by atoms with Crippen molar-refractivity contribution in [3.8, 4) is 0 Å². The molecule has 140 valence electrons. The van der Waals surface area contributed by atoms with Gasteiger partial charge in [-0.05, 0) is 23.5 Å². The minimum atomic E-state index is -0.258. The molecule has 0 saturated heterocycles. The molecule has 0 aliphatic rings. The molecule has 0 radical (unpaired) electrons. The zero-order valence-corrected chi connectivity index (χ0v) is 16.0.